The summed E-state index contributed by atoms with van der Waals surface area (Å²) in [5, 5.41) is 1.12. The maximum atomic E-state index is 5.00. The molecule has 1 saturated heterocycles. The number of benzene rings is 1. The van der Waals surface area contributed by atoms with Crippen molar-refractivity contribution in [2.24, 2.45) is 0 Å². The van der Waals surface area contributed by atoms with Crippen LogP contribution in [0.15, 0.2) is 48.7 Å². The van der Waals surface area contributed by atoms with Gasteiger partial charge in [-0.2, -0.15) is 0 Å². The van der Waals surface area contributed by atoms with Gasteiger partial charge in [0, 0.05) is 37.8 Å². The van der Waals surface area contributed by atoms with Crippen molar-refractivity contribution in [3.63, 3.8) is 0 Å². The van der Waals surface area contributed by atoms with Crippen LogP contribution in [-0.2, 0) is 0 Å². The molecule has 0 aliphatic carbocycles. The van der Waals surface area contributed by atoms with Crippen molar-refractivity contribution in [3.05, 3.63) is 48.7 Å². The van der Waals surface area contributed by atoms with Gasteiger partial charge in [-0.25, -0.2) is 15.0 Å². The Kier molecular flexibility index (Phi) is 3.57. The van der Waals surface area contributed by atoms with E-state index in [9.17, 15) is 0 Å². The Morgan fingerprint density at radius 2 is 1.81 bits per heavy atom. The average Bonchev–Trinajstić information content (AvgIpc) is 3.12. The van der Waals surface area contributed by atoms with E-state index in [-0.39, 0.29) is 0 Å². The number of hydrogen-bond donors (Lipinski definition) is 1. The monoisotopic (exact) mass is 344 g/mol. The minimum atomic E-state index is 0.736. The fourth-order valence-electron chi connectivity index (χ4n) is 3.51. The summed E-state index contributed by atoms with van der Waals surface area (Å²) in [5.41, 5.74) is 3.73. The lowest BCUT2D eigenvalue weighted by atomic mass is 10.1. The van der Waals surface area contributed by atoms with E-state index in [0.717, 1.165) is 65.5 Å². The number of pyridine rings is 2. The van der Waals surface area contributed by atoms with Gasteiger partial charge in [-0.3, -0.25) is 0 Å². The van der Waals surface area contributed by atoms with Gasteiger partial charge in [-0.15, -0.1) is 0 Å². The summed E-state index contributed by atoms with van der Waals surface area (Å²) in [6.07, 6.45) is 1.77. The number of imidazole rings is 1. The molecular formula is C20H20N6. The summed E-state index contributed by atoms with van der Waals surface area (Å²) >= 11 is 0. The lowest BCUT2D eigenvalue weighted by molar-refractivity contribution is 0.312. The molecule has 0 unspecified atom stereocenters. The van der Waals surface area contributed by atoms with Crippen LogP contribution in [-0.4, -0.2) is 58.1 Å². The predicted octanol–water partition coefficient (Wildman–Crippen LogP) is 2.92. The number of para-hydroxylation sites is 1. The highest BCUT2D eigenvalue weighted by Crippen LogP contribution is 2.32. The second kappa shape index (κ2) is 6.07. The van der Waals surface area contributed by atoms with E-state index in [4.69, 9.17) is 9.97 Å². The van der Waals surface area contributed by atoms with Gasteiger partial charge in [0.2, 0.25) is 0 Å². The summed E-state index contributed by atoms with van der Waals surface area (Å²) in [6.45, 7) is 4.01. The fraction of sp³-hybridized carbons (Fsp3) is 0.250. The van der Waals surface area contributed by atoms with Gasteiger partial charge >= 0.3 is 0 Å². The minimum absolute atomic E-state index is 0.736. The maximum Gasteiger partial charge on any atom is 0.178 e. The molecule has 0 bridgehead atoms. The van der Waals surface area contributed by atoms with Crippen LogP contribution in [0.1, 0.15) is 0 Å². The Labute approximate surface area is 151 Å². The van der Waals surface area contributed by atoms with Gasteiger partial charge in [0.15, 0.2) is 5.65 Å². The molecular weight excluding hydrogens is 324 g/mol. The molecule has 6 heteroatoms. The lowest BCUT2D eigenvalue weighted by Gasteiger charge is -2.34. The number of rotatable bonds is 2. The Balaban J connectivity index is 1.69. The molecule has 0 atom stereocenters. The number of aromatic nitrogens is 4. The fourth-order valence-corrected chi connectivity index (χ4v) is 3.51. The topological polar surface area (TPSA) is 60.9 Å². The van der Waals surface area contributed by atoms with E-state index in [2.05, 4.69) is 45.0 Å². The first-order chi connectivity index (χ1) is 12.8. The van der Waals surface area contributed by atoms with Crippen molar-refractivity contribution in [1.29, 1.82) is 0 Å². The number of fused-ring (bicyclic) bond motifs is 2. The third kappa shape index (κ3) is 2.59. The van der Waals surface area contributed by atoms with Crippen LogP contribution in [0.4, 0.5) is 5.82 Å². The number of likely N-dealkylation sites (N-methyl/N-ethyl adjacent to an activating group) is 1. The summed E-state index contributed by atoms with van der Waals surface area (Å²) in [5.74, 6) is 1.82. The Bertz CT molecular complexity index is 1050. The van der Waals surface area contributed by atoms with Gasteiger partial charge in [-0.1, -0.05) is 18.2 Å². The number of hydrogen-bond acceptors (Lipinski definition) is 5. The van der Waals surface area contributed by atoms with Crippen LogP contribution in [0, 0.1) is 0 Å². The molecule has 1 aromatic carbocycles. The Morgan fingerprint density at radius 3 is 2.65 bits per heavy atom. The van der Waals surface area contributed by atoms with Gasteiger partial charge in [0.1, 0.15) is 11.6 Å². The number of piperazine rings is 1. The van der Waals surface area contributed by atoms with E-state index in [1.165, 1.54) is 0 Å². The molecule has 6 nitrogen and oxygen atoms in total. The van der Waals surface area contributed by atoms with Gasteiger partial charge in [0.25, 0.3) is 0 Å². The third-order valence-corrected chi connectivity index (χ3v) is 5.02. The van der Waals surface area contributed by atoms with Crippen molar-refractivity contribution in [2.75, 3.05) is 38.1 Å². The maximum absolute atomic E-state index is 5.00. The second-order valence-corrected chi connectivity index (χ2v) is 6.80. The zero-order valence-electron chi connectivity index (χ0n) is 14.7. The number of H-pyrrole nitrogens is 1. The molecule has 0 spiro atoms. The molecule has 130 valence electrons. The zero-order chi connectivity index (χ0) is 17.5. The third-order valence-electron chi connectivity index (χ3n) is 5.02. The van der Waals surface area contributed by atoms with Crippen molar-refractivity contribution < 1.29 is 0 Å². The van der Waals surface area contributed by atoms with Crippen molar-refractivity contribution >= 4 is 27.9 Å². The summed E-state index contributed by atoms with van der Waals surface area (Å²) in [4.78, 5) is 22.2. The highest BCUT2D eigenvalue weighted by atomic mass is 15.3. The van der Waals surface area contributed by atoms with Crippen LogP contribution < -0.4 is 4.90 Å². The molecule has 1 fully saturated rings. The van der Waals surface area contributed by atoms with Crippen molar-refractivity contribution in [2.45, 2.75) is 0 Å². The van der Waals surface area contributed by atoms with Gasteiger partial charge < -0.3 is 14.8 Å². The predicted molar refractivity (Wildman–Crippen MR) is 104 cm³/mol. The molecule has 4 heterocycles. The summed E-state index contributed by atoms with van der Waals surface area (Å²) < 4.78 is 0. The molecule has 1 aliphatic heterocycles. The van der Waals surface area contributed by atoms with Gasteiger partial charge in [-0.05, 0) is 31.3 Å². The van der Waals surface area contributed by atoms with Crippen LogP contribution in [0.2, 0.25) is 0 Å². The molecule has 5 rings (SSSR count). The number of anilines is 1. The first-order valence-electron chi connectivity index (χ1n) is 8.92. The average molecular weight is 344 g/mol. The summed E-state index contributed by atoms with van der Waals surface area (Å²) in [7, 11) is 2.16. The molecule has 26 heavy (non-hydrogen) atoms. The zero-order valence-corrected chi connectivity index (χ0v) is 14.7. The highest BCUT2D eigenvalue weighted by molar-refractivity contribution is 5.89. The normalized spacial score (nSPS) is 15.8. The van der Waals surface area contributed by atoms with E-state index in [1.54, 1.807) is 6.20 Å². The van der Waals surface area contributed by atoms with Crippen LogP contribution in [0.3, 0.4) is 0 Å². The Hall–Kier alpha value is -2.99. The SMILES string of the molecule is CN1CCN(c2nc3ccccc3cc2-c2nc3ncccc3[nH]2)CC1. The van der Waals surface area contributed by atoms with Crippen LogP contribution >= 0.6 is 0 Å². The number of aromatic amines is 1. The van der Waals surface area contributed by atoms with Crippen LogP contribution in [0.25, 0.3) is 33.5 Å². The van der Waals surface area contributed by atoms with E-state index in [0.29, 0.717) is 0 Å². The molecule has 0 amide bonds. The van der Waals surface area contributed by atoms with Crippen molar-refractivity contribution in [1.82, 2.24) is 24.8 Å². The van der Waals surface area contributed by atoms with Crippen molar-refractivity contribution in [3.8, 4) is 11.4 Å². The van der Waals surface area contributed by atoms with E-state index < -0.39 is 0 Å². The summed E-state index contributed by atoms with van der Waals surface area (Å²) in [6, 6.07) is 14.4. The standard InChI is InChI=1S/C20H20N6/c1-25-9-11-26(12-10-25)20-15(13-14-5-2-3-6-16(14)23-20)18-22-17-7-4-8-21-19(17)24-18/h2-8,13H,9-12H2,1H3,(H,21,22,24). The number of nitrogens with zero attached hydrogens (tertiary/aromatic N) is 5. The minimum Gasteiger partial charge on any atom is -0.353 e. The molecule has 1 N–H and O–H groups in total. The quantitative estimate of drug-likeness (QED) is 0.606. The number of nitrogens with one attached hydrogen (secondary N) is 1. The van der Waals surface area contributed by atoms with E-state index in [1.807, 2.05) is 24.3 Å². The van der Waals surface area contributed by atoms with Crippen LogP contribution in [0.5, 0.6) is 0 Å². The first kappa shape index (κ1) is 15.3. The second-order valence-electron chi connectivity index (χ2n) is 6.80. The Morgan fingerprint density at radius 1 is 0.962 bits per heavy atom. The molecule has 0 saturated carbocycles. The largest absolute Gasteiger partial charge is 0.353 e. The molecule has 4 aromatic rings. The molecule has 1 aliphatic rings. The lowest BCUT2D eigenvalue weighted by Crippen LogP contribution is -2.45. The van der Waals surface area contributed by atoms with Gasteiger partial charge in [0.05, 0.1) is 16.6 Å². The molecule has 3 aromatic heterocycles. The smallest absolute Gasteiger partial charge is 0.178 e. The molecule has 0 radical (unpaired) electrons. The first-order valence-corrected chi connectivity index (χ1v) is 8.92. The van der Waals surface area contributed by atoms with E-state index >= 15 is 0 Å². The highest BCUT2D eigenvalue weighted by Gasteiger charge is 2.21.